The number of hydrogen-bond donors (Lipinski definition) is 1. The van der Waals surface area contributed by atoms with E-state index in [1.165, 1.54) is 7.11 Å². The van der Waals surface area contributed by atoms with Crippen molar-refractivity contribution in [2.24, 2.45) is 0 Å². The van der Waals surface area contributed by atoms with Gasteiger partial charge in [0.2, 0.25) is 0 Å². The normalized spacial score (nSPS) is 10.1. The highest BCUT2D eigenvalue weighted by Crippen LogP contribution is 2.27. The van der Waals surface area contributed by atoms with Gasteiger partial charge in [0, 0.05) is 0 Å². The van der Waals surface area contributed by atoms with E-state index < -0.39 is 5.97 Å². The van der Waals surface area contributed by atoms with Crippen LogP contribution in [0, 0.1) is 0 Å². The molecule has 2 aromatic rings. The lowest BCUT2D eigenvalue weighted by Crippen LogP contribution is -2.07. The Kier molecular flexibility index (Phi) is 3.52. The minimum atomic E-state index is -0.489. The smallest absolute Gasteiger partial charge is 0.341 e. The molecule has 0 saturated carbocycles. The van der Waals surface area contributed by atoms with Crippen LogP contribution in [0.2, 0.25) is 0 Å². The van der Waals surface area contributed by atoms with Crippen LogP contribution in [0.5, 0.6) is 5.75 Å². The molecule has 0 saturated heterocycles. The summed E-state index contributed by atoms with van der Waals surface area (Å²) in [5.74, 6) is 0.464. The summed E-state index contributed by atoms with van der Waals surface area (Å²) in [5.41, 5.74) is 6.46. The number of methoxy groups -OCH3 is 1. The second kappa shape index (κ2) is 5.27. The topological polar surface area (TPSA) is 74.7 Å². The van der Waals surface area contributed by atoms with Gasteiger partial charge in [-0.3, -0.25) is 0 Å². The lowest BCUT2D eigenvalue weighted by atomic mass is 10.2. The van der Waals surface area contributed by atoms with E-state index in [-0.39, 0.29) is 6.61 Å². The lowest BCUT2D eigenvalue weighted by molar-refractivity contribution is 0.0595. The van der Waals surface area contributed by atoms with Gasteiger partial charge < -0.3 is 19.6 Å². The summed E-state index contributed by atoms with van der Waals surface area (Å²) in [6.45, 7) is 0.200. The van der Waals surface area contributed by atoms with Crippen molar-refractivity contribution in [3.63, 3.8) is 0 Å². The second-order valence-electron chi connectivity index (χ2n) is 3.58. The summed E-state index contributed by atoms with van der Waals surface area (Å²) >= 11 is 0. The Bertz CT molecular complexity index is 534. The third kappa shape index (κ3) is 2.45. The fourth-order valence-electron chi connectivity index (χ4n) is 1.52. The van der Waals surface area contributed by atoms with Crippen molar-refractivity contribution in [3.8, 4) is 5.75 Å². The van der Waals surface area contributed by atoms with Crippen LogP contribution >= 0.6 is 0 Å². The summed E-state index contributed by atoms with van der Waals surface area (Å²) in [6, 6.07) is 8.45. The van der Waals surface area contributed by atoms with Crippen molar-refractivity contribution < 1.29 is 18.7 Å². The molecular weight excluding hydrogens is 234 g/mol. The van der Waals surface area contributed by atoms with Crippen LogP contribution in [0.4, 0.5) is 5.69 Å². The molecule has 0 bridgehead atoms. The van der Waals surface area contributed by atoms with E-state index in [2.05, 4.69) is 4.74 Å². The summed E-state index contributed by atoms with van der Waals surface area (Å²) < 4.78 is 15.3. The molecule has 0 unspecified atom stereocenters. The van der Waals surface area contributed by atoms with Gasteiger partial charge in [0.05, 0.1) is 19.1 Å². The van der Waals surface area contributed by atoms with E-state index in [9.17, 15) is 4.79 Å². The molecule has 2 N–H and O–H groups in total. The summed E-state index contributed by atoms with van der Waals surface area (Å²) in [6.07, 6.45) is 1.55. The highest BCUT2D eigenvalue weighted by atomic mass is 16.5. The molecule has 5 nitrogen and oxygen atoms in total. The third-order valence-electron chi connectivity index (χ3n) is 2.39. The monoisotopic (exact) mass is 247 g/mol. The SMILES string of the molecule is COC(=O)c1cccc(N)c1OCc1ccco1. The molecular formula is C13H13NO4. The molecule has 1 aromatic carbocycles. The van der Waals surface area contributed by atoms with Gasteiger partial charge in [-0.2, -0.15) is 0 Å². The number of nitrogen functional groups attached to an aromatic ring is 1. The Morgan fingerprint density at radius 3 is 2.83 bits per heavy atom. The standard InChI is InChI=1S/C13H13NO4/c1-16-13(15)10-5-2-6-11(14)12(10)18-8-9-4-3-7-17-9/h2-7H,8,14H2,1H3. The minimum Gasteiger partial charge on any atom is -0.483 e. The molecule has 0 atom stereocenters. The van der Waals surface area contributed by atoms with Crippen molar-refractivity contribution in [2.45, 2.75) is 6.61 Å². The molecule has 2 rings (SSSR count). The summed E-state index contributed by atoms with van der Waals surface area (Å²) in [5, 5.41) is 0. The molecule has 94 valence electrons. The number of furan rings is 1. The van der Waals surface area contributed by atoms with Crippen LogP contribution < -0.4 is 10.5 Å². The molecule has 0 aliphatic heterocycles. The van der Waals surface area contributed by atoms with E-state index in [0.717, 1.165) is 0 Å². The number of nitrogens with two attached hydrogens (primary N) is 1. The Labute approximate surface area is 104 Å². The van der Waals surface area contributed by atoms with Crippen molar-refractivity contribution in [1.82, 2.24) is 0 Å². The molecule has 0 aliphatic rings. The van der Waals surface area contributed by atoms with Crippen molar-refractivity contribution in [1.29, 1.82) is 0 Å². The van der Waals surface area contributed by atoms with E-state index >= 15 is 0 Å². The molecule has 18 heavy (non-hydrogen) atoms. The molecule has 5 heteroatoms. The Balaban J connectivity index is 2.22. The molecule has 0 fully saturated rings. The lowest BCUT2D eigenvalue weighted by Gasteiger charge is -2.11. The second-order valence-corrected chi connectivity index (χ2v) is 3.58. The fourth-order valence-corrected chi connectivity index (χ4v) is 1.52. The fraction of sp³-hybridized carbons (Fsp3) is 0.154. The summed E-state index contributed by atoms with van der Waals surface area (Å²) in [7, 11) is 1.31. The van der Waals surface area contributed by atoms with Crippen molar-refractivity contribution >= 4 is 11.7 Å². The van der Waals surface area contributed by atoms with E-state index in [4.69, 9.17) is 14.9 Å². The number of anilines is 1. The maximum atomic E-state index is 11.6. The van der Waals surface area contributed by atoms with E-state index in [1.54, 1.807) is 36.6 Å². The average molecular weight is 247 g/mol. The Hall–Kier alpha value is -2.43. The molecule has 0 amide bonds. The zero-order valence-corrected chi connectivity index (χ0v) is 9.88. The van der Waals surface area contributed by atoms with Gasteiger partial charge in [-0.25, -0.2) is 4.79 Å². The van der Waals surface area contributed by atoms with Crippen LogP contribution in [0.25, 0.3) is 0 Å². The number of hydrogen-bond acceptors (Lipinski definition) is 5. The highest BCUT2D eigenvalue weighted by Gasteiger charge is 2.15. The van der Waals surface area contributed by atoms with Gasteiger partial charge in [-0.1, -0.05) is 6.07 Å². The number of para-hydroxylation sites is 1. The van der Waals surface area contributed by atoms with Gasteiger partial charge in [0.1, 0.15) is 17.9 Å². The quantitative estimate of drug-likeness (QED) is 0.662. The van der Waals surface area contributed by atoms with Crippen LogP contribution in [0.1, 0.15) is 16.1 Å². The number of esters is 1. The number of carbonyl (C=O) groups excluding carboxylic acids is 1. The maximum absolute atomic E-state index is 11.6. The zero-order chi connectivity index (χ0) is 13.0. The van der Waals surface area contributed by atoms with E-state index in [0.29, 0.717) is 22.8 Å². The zero-order valence-electron chi connectivity index (χ0n) is 9.88. The number of benzene rings is 1. The largest absolute Gasteiger partial charge is 0.483 e. The average Bonchev–Trinajstić information content (AvgIpc) is 2.89. The predicted octanol–water partition coefficient (Wildman–Crippen LogP) is 2.23. The first-order valence-electron chi connectivity index (χ1n) is 5.34. The summed E-state index contributed by atoms with van der Waals surface area (Å²) in [4.78, 5) is 11.6. The minimum absolute atomic E-state index is 0.200. The molecule has 0 radical (unpaired) electrons. The maximum Gasteiger partial charge on any atom is 0.341 e. The van der Waals surface area contributed by atoms with Crippen LogP contribution in [-0.4, -0.2) is 13.1 Å². The molecule has 0 aliphatic carbocycles. The predicted molar refractivity (Wildman–Crippen MR) is 65.2 cm³/mol. The van der Waals surface area contributed by atoms with Gasteiger partial charge in [-0.15, -0.1) is 0 Å². The van der Waals surface area contributed by atoms with Crippen LogP contribution in [0.3, 0.4) is 0 Å². The van der Waals surface area contributed by atoms with Gasteiger partial charge in [0.25, 0.3) is 0 Å². The van der Waals surface area contributed by atoms with Crippen LogP contribution in [-0.2, 0) is 11.3 Å². The molecule has 1 aromatic heterocycles. The Morgan fingerprint density at radius 2 is 2.17 bits per heavy atom. The van der Waals surface area contributed by atoms with Crippen LogP contribution in [0.15, 0.2) is 41.0 Å². The Morgan fingerprint density at radius 1 is 1.33 bits per heavy atom. The van der Waals surface area contributed by atoms with Gasteiger partial charge >= 0.3 is 5.97 Å². The first kappa shape index (κ1) is 12.0. The highest BCUT2D eigenvalue weighted by molar-refractivity contribution is 5.94. The van der Waals surface area contributed by atoms with E-state index in [1.807, 2.05) is 0 Å². The third-order valence-corrected chi connectivity index (χ3v) is 2.39. The number of rotatable bonds is 4. The van der Waals surface area contributed by atoms with Crippen molar-refractivity contribution in [2.75, 3.05) is 12.8 Å². The van der Waals surface area contributed by atoms with Gasteiger partial charge in [-0.05, 0) is 24.3 Å². The molecule has 0 spiro atoms. The first-order chi connectivity index (χ1) is 8.72. The molecule has 1 heterocycles. The number of ether oxygens (including phenoxy) is 2. The number of carbonyl (C=O) groups is 1. The van der Waals surface area contributed by atoms with Crippen molar-refractivity contribution in [3.05, 3.63) is 47.9 Å². The first-order valence-corrected chi connectivity index (χ1v) is 5.34. The van der Waals surface area contributed by atoms with Gasteiger partial charge in [0.15, 0.2) is 5.75 Å².